The summed E-state index contributed by atoms with van der Waals surface area (Å²) >= 11 is 2.13. The monoisotopic (exact) mass is 234 g/mol. The predicted molar refractivity (Wildman–Crippen MR) is 68.4 cm³/mol. The summed E-state index contributed by atoms with van der Waals surface area (Å²) in [4.78, 5) is 0. The van der Waals surface area contributed by atoms with E-state index >= 15 is 0 Å². The lowest BCUT2D eigenvalue weighted by atomic mass is 9.27. The summed E-state index contributed by atoms with van der Waals surface area (Å²) in [6, 6.07) is 0. The topological polar surface area (TPSA) is 0 Å². The Morgan fingerprint density at radius 3 is 3.00 bits per heavy atom. The molecule has 7 aliphatic carbocycles. The second kappa shape index (κ2) is 2.53. The minimum atomic E-state index is 0.871. The number of fused-ring (bicyclic) bond motifs is 3. The largest absolute Gasteiger partial charge is 0.165 e. The van der Waals surface area contributed by atoms with Gasteiger partial charge in [0, 0.05) is 0 Å². The minimum absolute atomic E-state index is 0.871. The van der Waals surface area contributed by atoms with Crippen molar-refractivity contribution in [1.82, 2.24) is 0 Å². The van der Waals surface area contributed by atoms with Crippen LogP contribution >= 0.6 is 11.8 Å². The normalized spacial score (nSPS) is 68.4. The third-order valence-electron chi connectivity index (χ3n) is 7.43. The number of thioether (sulfide) groups is 1. The molecule has 88 valence electrons. The third-order valence-corrected chi connectivity index (χ3v) is 8.10. The highest BCUT2D eigenvalue weighted by Gasteiger charge is 2.80. The lowest BCUT2D eigenvalue weighted by Crippen LogP contribution is -2.71. The molecule has 0 aromatic rings. The highest BCUT2D eigenvalue weighted by molar-refractivity contribution is 7.98. The van der Waals surface area contributed by atoms with Gasteiger partial charge in [0.1, 0.15) is 0 Å². The Bertz CT molecular complexity index is 364. The van der Waals surface area contributed by atoms with E-state index in [0.717, 1.165) is 16.7 Å². The number of rotatable bonds is 2. The highest BCUT2D eigenvalue weighted by Crippen LogP contribution is 2.87. The van der Waals surface area contributed by atoms with Gasteiger partial charge >= 0.3 is 0 Å². The van der Waals surface area contributed by atoms with E-state index in [9.17, 15) is 0 Å². The minimum Gasteiger partial charge on any atom is -0.165 e. The van der Waals surface area contributed by atoms with Gasteiger partial charge in [-0.2, -0.15) is 11.8 Å². The molecule has 0 heterocycles. The fourth-order valence-electron chi connectivity index (χ4n) is 7.20. The van der Waals surface area contributed by atoms with Crippen molar-refractivity contribution in [2.45, 2.75) is 38.5 Å². The summed E-state index contributed by atoms with van der Waals surface area (Å²) in [5.74, 6) is 7.53. The first kappa shape index (κ1) is 9.30. The molecule has 7 aliphatic rings. The van der Waals surface area contributed by atoms with E-state index in [2.05, 4.69) is 18.0 Å². The van der Waals surface area contributed by atoms with Gasteiger partial charge in [-0.15, -0.1) is 0 Å². The first-order chi connectivity index (χ1) is 7.81. The van der Waals surface area contributed by atoms with E-state index in [0.29, 0.717) is 0 Å². The Labute approximate surface area is 103 Å². The molecule has 1 heteroatoms. The van der Waals surface area contributed by atoms with Gasteiger partial charge in [-0.3, -0.25) is 0 Å². The van der Waals surface area contributed by atoms with Crippen LogP contribution in [-0.4, -0.2) is 12.0 Å². The number of hydrogen-bond acceptors (Lipinski definition) is 1. The molecule has 16 heavy (non-hydrogen) atoms. The van der Waals surface area contributed by atoms with E-state index in [1.165, 1.54) is 29.4 Å². The van der Waals surface area contributed by atoms with Crippen molar-refractivity contribution in [3.8, 4) is 0 Å². The third kappa shape index (κ3) is 0.751. The van der Waals surface area contributed by atoms with Crippen LogP contribution in [0.15, 0.2) is 0 Å². The van der Waals surface area contributed by atoms with E-state index in [4.69, 9.17) is 0 Å². The SMILES string of the molecule is CSCC1C23CCCC1(C2)C1C2CC2C1C3. The molecule has 0 amide bonds. The maximum atomic E-state index is 2.33. The van der Waals surface area contributed by atoms with Crippen LogP contribution in [0.25, 0.3) is 0 Å². The maximum Gasteiger partial charge on any atom is -0.00312 e. The molecule has 0 saturated heterocycles. The van der Waals surface area contributed by atoms with Crippen LogP contribution in [-0.2, 0) is 0 Å². The molecule has 0 aromatic carbocycles. The molecule has 7 atom stereocenters. The summed E-state index contributed by atoms with van der Waals surface area (Å²) in [5.41, 5.74) is 1.76. The zero-order valence-corrected chi connectivity index (χ0v) is 11.1. The molecule has 0 aromatic heterocycles. The average molecular weight is 234 g/mol. The van der Waals surface area contributed by atoms with Gasteiger partial charge in [0.15, 0.2) is 0 Å². The van der Waals surface area contributed by atoms with Gasteiger partial charge in [-0.05, 0) is 84.5 Å². The van der Waals surface area contributed by atoms with Crippen LogP contribution in [0.4, 0.5) is 0 Å². The predicted octanol–water partition coefficient (Wildman–Crippen LogP) is 3.81. The molecule has 0 aliphatic heterocycles. The van der Waals surface area contributed by atoms with Crippen molar-refractivity contribution in [3.05, 3.63) is 0 Å². The van der Waals surface area contributed by atoms with Gasteiger partial charge in [-0.1, -0.05) is 6.42 Å². The molecular weight excluding hydrogens is 212 g/mol. The molecule has 7 saturated carbocycles. The quantitative estimate of drug-likeness (QED) is 0.700. The van der Waals surface area contributed by atoms with Crippen LogP contribution in [0.5, 0.6) is 0 Å². The Kier molecular flexibility index (Phi) is 1.47. The number of hydrogen-bond donors (Lipinski definition) is 0. The average Bonchev–Trinajstić information content (AvgIpc) is 2.97. The molecule has 7 fully saturated rings. The smallest absolute Gasteiger partial charge is 0.00312 e. The highest BCUT2D eigenvalue weighted by atomic mass is 32.2. The van der Waals surface area contributed by atoms with Crippen molar-refractivity contribution in [2.75, 3.05) is 12.0 Å². The Morgan fingerprint density at radius 2 is 2.12 bits per heavy atom. The summed E-state index contributed by atoms with van der Waals surface area (Å²) in [6.07, 6.45) is 12.1. The molecule has 0 nitrogen and oxygen atoms in total. The van der Waals surface area contributed by atoms with Gasteiger partial charge in [-0.25, -0.2) is 0 Å². The van der Waals surface area contributed by atoms with Gasteiger partial charge in [0.2, 0.25) is 0 Å². The summed E-state index contributed by atoms with van der Waals surface area (Å²) in [7, 11) is 0. The first-order valence-electron chi connectivity index (χ1n) is 7.30. The zero-order chi connectivity index (χ0) is 10.5. The van der Waals surface area contributed by atoms with Crippen LogP contribution < -0.4 is 0 Å². The van der Waals surface area contributed by atoms with Gasteiger partial charge < -0.3 is 0 Å². The second-order valence-corrected chi connectivity index (χ2v) is 8.50. The van der Waals surface area contributed by atoms with E-state index < -0.39 is 0 Å². The second-order valence-electron chi connectivity index (χ2n) is 7.59. The lowest BCUT2D eigenvalue weighted by molar-refractivity contribution is -0.284. The molecular formula is C15H22S. The standard InChI is InChI=1S/C15H22S/c1-16-7-12-14-3-2-4-15(12,8-14)13-10-5-9(10)11(13)6-14/h9-13H,2-8H2,1H3. The van der Waals surface area contributed by atoms with Crippen LogP contribution in [0, 0.1) is 40.4 Å². The van der Waals surface area contributed by atoms with Crippen molar-refractivity contribution < 1.29 is 0 Å². The Balaban J connectivity index is 1.58. The Morgan fingerprint density at radius 1 is 1.19 bits per heavy atom. The van der Waals surface area contributed by atoms with E-state index in [1.807, 2.05) is 0 Å². The Hall–Kier alpha value is 0.350. The fraction of sp³-hybridized carbons (Fsp3) is 1.00. The lowest BCUT2D eigenvalue weighted by Gasteiger charge is -2.78. The van der Waals surface area contributed by atoms with E-state index in [1.54, 1.807) is 38.5 Å². The van der Waals surface area contributed by atoms with Crippen LogP contribution in [0.1, 0.15) is 38.5 Å². The summed E-state index contributed by atoms with van der Waals surface area (Å²) in [6.45, 7) is 0. The van der Waals surface area contributed by atoms with Crippen molar-refractivity contribution in [1.29, 1.82) is 0 Å². The molecule has 0 N–H and O–H groups in total. The molecule has 0 radical (unpaired) electrons. The van der Waals surface area contributed by atoms with Crippen molar-refractivity contribution in [2.24, 2.45) is 40.4 Å². The van der Waals surface area contributed by atoms with Gasteiger partial charge in [0.25, 0.3) is 0 Å². The summed E-state index contributed by atoms with van der Waals surface area (Å²) in [5, 5.41) is 0. The molecule has 2 bridgehead atoms. The van der Waals surface area contributed by atoms with Crippen LogP contribution in [0.3, 0.4) is 0 Å². The molecule has 0 spiro atoms. The summed E-state index contributed by atoms with van der Waals surface area (Å²) < 4.78 is 0. The zero-order valence-electron chi connectivity index (χ0n) is 10.2. The first-order valence-corrected chi connectivity index (χ1v) is 8.69. The van der Waals surface area contributed by atoms with Crippen LogP contribution in [0.2, 0.25) is 0 Å². The van der Waals surface area contributed by atoms with Gasteiger partial charge in [0.05, 0.1) is 0 Å². The fourth-order valence-corrected chi connectivity index (χ4v) is 8.22. The molecule has 7 rings (SSSR count). The maximum absolute atomic E-state index is 2.33. The van der Waals surface area contributed by atoms with E-state index in [-0.39, 0.29) is 0 Å². The van der Waals surface area contributed by atoms with Crippen molar-refractivity contribution in [3.63, 3.8) is 0 Å². The van der Waals surface area contributed by atoms with Crippen molar-refractivity contribution >= 4 is 11.8 Å². The molecule has 7 unspecified atom stereocenters.